The first-order valence-electron chi connectivity index (χ1n) is 7.58. The van der Waals surface area contributed by atoms with E-state index in [0.29, 0.717) is 10.5 Å². The molecule has 1 aromatic carbocycles. The minimum absolute atomic E-state index is 0.305. The van der Waals surface area contributed by atoms with Gasteiger partial charge >= 0.3 is 0 Å². The van der Waals surface area contributed by atoms with Crippen LogP contribution in [0.1, 0.15) is 43.5 Å². The monoisotopic (exact) mass is 318 g/mol. The topological polar surface area (TPSA) is 45.5 Å². The Bertz CT molecular complexity index is 699. The molecule has 1 aromatic heterocycles. The first kappa shape index (κ1) is 13.6. The van der Waals surface area contributed by atoms with E-state index in [1.807, 2.05) is 17.8 Å². The number of aromatic nitrogens is 1. The Morgan fingerprint density at radius 3 is 2.71 bits per heavy atom. The molecule has 0 saturated heterocycles. The number of aliphatic imine (C=N–C) groups is 1. The summed E-state index contributed by atoms with van der Waals surface area (Å²) in [5, 5.41) is 11.7. The fourth-order valence-corrected chi connectivity index (χ4v) is 5.68. The quantitative estimate of drug-likeness (QED) is 0.836. The predicted octanol–water partition coefficient (Wildman–Crippen LogP) is 4.59. The molecular formula is C16H18N2OS2. The van der Waals surface area contributed by atoms with Crippen molar-refractivity contribution in [2.45, 2.75) is 43.3 Å². The molecule has 1 aliphatic carbocycles. The predicted molar refractivity (Wildman–Crippen MR) is 90.7 cm³/mol. The van der Waals surface area contributed by atoms with Gasteiger partial charge in [-0.05, 0) is 31.0 Å². The van der Waals surface area contributed by atoms with Crippen LogP contribution < -0.4 is 0 Å². The zero-order chi connectivity index (χ0) is 14.3. The van der Waals surface area contributed by atoms with E-state index in [4.69, 9.17) is 9.98 Å². The molecule has 1 fully saturated rings. The minimum atomic E-state index is 0.305. The van der Waals surface area contributed by atoms with Crippen LogP contribution in [-0.4, -0.2) is 26.4 Å². The summed E-state index contributed by atoms with van der Waals surface area (Å²) in [4.78, 5) is 9.50. The van der Waals surface area contributed by atoms with Crippen LogP contribution in [-0.2, 0) is 0 Å². The van der Waals surface area contributed by atoms with Crippen LogP contribution >= 0.6 is 23.1 Å². The van der Waals surface area contributed by atoms with E-state index in [0.717, 1.165) is 26.8 Å². The fourth-order valence-electron chi connectivity index (χ4n) is 3.23. The molecule has 2 heterocycles. The smallest absolute Gasteiger partial charge is 0.149 e. The lowest BCUT2D eigenvalue weighted by atomic mass is 9.99. The van der Waals surface area contributed by atoms with Crippen LogP contribution in [0.4, 0.5) is 0 Å². The van der Waals surface area contributed by atoms with Crippen LogP contribution in [0.5, 0.6) is 5.75 Å². The van der Waals surface area contributed by atoms with Gasteiger partial charge in [-0.25, -0.2) is 4.98 Å². The molecule has 5 heteroatoms. The van der Waals surface area contributed by atoms with Crippen LogP contribution in [0.25, 0.3) is 10.2 Å². The molecule has 1 saturated carbocycles. The largest absolute Gasteiger partial charge is 0.508 e. The van der Waals surface area contributed by atoms with Crippen LogP contribution in [0.15, 0.2) is 23.2 Å². The van der Waals surface area contributed by atoms with E-state index in [1.165, 1.54) is 38.5 Å². The molecule has 0 unspecified atom stereocenters. The summed E-state index contributed by atoms with van der Waals surface area (Å²) in [6.07, 6.45) is 8.00. The first-order chi connectivity index (χ1) is 10.2. The third-order valence-corrected chi connectivity index (χ3v) is 7.03. The number of thiazole rings is 1. The van der Waals surface area contributed by atoms with Crippen LogP contribution in [0.2, 0.25) is 0 Å². The van der Waals surface area contributed by atoms with Gasteiger partial charge in [0.2, 0.25) is 0 Å². The van der Waals surface area contributed by atoms with Crippen molar-refractivity contribution in [1.82, 2.24) is 4.98 Å². The Morgan fingerprint density at radius 2 is 1.90 bits per heavy atom. The third kappa shape index (κ3) is 2.57. The van der Waals surface area contributed by atoms with Gasteiger partial charge in [0.1, 0.15) is 15.8 Å². The van der Waals surface area contributed by atoms with Gasteiger partial charge in [0.25, 0.3) is 0 Å². The molecule has 2 aliphatic rings. The molecule has 1 aliphatic heterocycles. The second-order valence-corrected chi connectivity index (χ2v) is 8.48. The van der Waals surface area contributed by atoms with Crippen LogP contribution in [0, 0.1) is 0 Å². The Labute approximate surface area is 132 Å². The first-order valence-corrected chi connectivity index (χ1v) is 9.21. The van der Waals surface area contributed by atoms with Crippen molar-refractivity contribution in [3.8, 4) is 5.75 Å². The van der Waals surface area contributed by atoms with Gasteiger partial charge in [-0.15, -0.1) is 11.3 Å². The lowest BCUT2D eigenvalue weighted by molar-refractivity contribution is 0.476. The summed E-state index contributed by atoms with van der Waals surface area (Å²) < 4.78 is 1.38. The highest BCUT2D eigenvalue weighted by molar-refractivity contribution is 8.16. The molecule has 0 bridgehead atoms. The number of rotatable bonds is 1. The van der Waals surface area contributed by atoms with Crippen LogP contribution in [0.3, 0.4) is 0 Å². The summed E-state index contributed by atoms with van der Waals surface area (Å²) >= 11 is 3.59. The number of fused-ring (bicyclic) bond motifs is 1. The number of phenols is 1. The number of phenolic OH excluding ortho intramolecular Hbond substituents is 1. The van der Waals surface area contributed by atoms with Gasteiger partial charge in [-0.2, -0.15) is 0 Å². The van der Waals surface area contributed by atoms with Crippen molar-refractivity contribution in [2.24, 2.45) is 4.99 Å². The highest BCUT2D eigenvalue weighted by Gasteiger charge is 2.38. The summed E-state index contributed by atoms with van der Waals surface area (Å²) in [5.74, 6) is 0.305. The molecule has 1 N–H and O–H groups in total. The van der Waals surface area contributed by atoms with E-state index < -0.39 is 0 Å². The van der Waals surface area contributed by atoms with Gasteiger partial charge in [-0.3, -0.25) is 4.99 Å². The van der Waals surface area contributed by atoms with E-state index in [2.05, 4.69) is 0 Å². The van der Waals surface area contributed by atoms with Gasteiger partial charge in [0, 0.05) is 4.75 Å². The van der Waals surface area contributed by atoms with Crippen molar-refractivity contribution in [3.05, 3.63) is 23.2 Å². The van der Waals surface area contributed by atoms with Gasteiger partial charge < -0.3 is 5.11 Å². The summed E-state index contributed by atoms with van der Waals surface area (Å²) in [5.41, 5.74) is 0.956. The number of aromatic hydroxyl groups is 1. The second-order valence-electron chi connectivity index (χ2n) is 5.99. The normalized spacial score (nSPS) is 21.6. The zero-order valence-electron chi connectivity index (χ0n) is 11.8. The SMILES string of the molecule is Oc1ccc2nc(C3=NCC4(CCCCCC4)S3)sc2c1. The molecule has 2 aromatic rings. The van der Waals surface area contributed by atoms with E-state index in [-0.39, 0.29) is 0 Å². The fraction of sp³-hybridized carbons (Fsp3) is 0.500. The average molecular weight is 318 g/mol. The minimum Gasteiger partial charge on any atom is -0.508 e. The molecule has 0 atom stereocenters. The number of thioether (sulfide) groups is 1. The van der Waals surface area contributed by atoms with Crippen molar-refractivity contribution in [3.63, 3.8) is 0 Å². The molecule has 0 radical (unpaired) electrons. The third-order valence-electron chi connectivity index (χ3n) is 4.39. The van der Waals surface area contributed by atoms with E-state index in [1.54, 1.807) is 23.5 Å². The highest BCUT2D eigenvalue weighted by atomic mass is 32.2. The molecule has 4 rings (SSSR count). The maximum absolute atomic E-state index is 9.58. The maximum atomic E-state index is 9.58. The van der Waals surface area contributed by atoms with Crippen molar-refractivity contribution >= 4 is 38.4 Å². The molecule has 1 spiro atoms. The van der Waals surface area contributed by atoms with Crippen molar-refractivity contribution in [1.29, 1.82) is 0 Å². The lowest BCUT2D eigenvalue weighted by Gasteiger charge is -2.24. The lowest BCUT2D eigenvalue weighted by Crippen LogP contribution is -2.24. The molecule has 3 nitrogen and oxygen atoms in total. The molecule has 21 heavy (non-hydrogen) atoms. The number of hydrogen-bond donors (Lipinski definition) is 1. The molecular weight excluding hydrogens is 300 g/mol. The summed E-state index contributed by atoms with van der Waals surface area (Å²) in [7, 11) is 0. The number of nitrogens with zero attached hydrogens (tertiary/aromatic N) is 2. The van der Waals surface area contributed by atoms with E-state index >= 15 is 0 Å². The maximum Gasteiger partial charge on any atom is 0.149 e. The highest BCUT2D eigenvalue weighted by Crippen LogP contribution is 2.45. The standard InChI is InChI=1S/C16H18N2OS2/c19-11-5-6-12-13(9-11)20-15(18-12)14-17-10-16(21-14)7-3-1-2-4-8-16/h5-6,9,19H,1-4,7-8,10H2. The number of benzene rings is 1. The Morgan fingerprint density at radius 1 is 1.10 bits per heavy atom. The Balaban J connectivity index is 1.61. The summed E-state index contributed by atoms with van der Waals surface area (Å²) in [6, 6.07) is 5.37. The average Bonchev–Trinajstić information content (AvgIpc) is 2.99. The molecule has 0 amide bonds. The zero-order valence-corrected chi connectivity index (χ0v) is 13.5. The number of hydrogen-bond acceptors (Lipinski definition) is 5. The second kappa shape index (κ2) is 5.29. The van der Waals surface area contributed by atoms with Crippen molar-refractivity contribution in [2.75, 3.05) is 6.54 Å². The van der Waals surface area contributed by atoms with Crippen molar-refractivity contribution < 1.29 is 5.11 Å². The Kier molecular flexibility index (Phi) is 3.42. The summed E-state index contributed by atoms with van der Waals surface area (Å²) in [6.45, 7) is 0.953. The molecule has 110 valence electrons. The van der Waals surface area contributed by atoms with Gasteiger partial charge in [0.05, 0.1) is 16.8 Å². The Hall–Kier alpha value is -1.07. The van der Waals surface area contributed by atoms with E-state index in [9.17, 15) is 5.11 Å². The van der Waals surface area contributed by atoms with Gasteiger partial charge in [-0.1, -0.05) is 37.4 Å². The van der Waals surface area contributed by atoms with Gasteiger partial charge in [0.15, 0.2) is 0 Å².